The Kier molecular flexibility index (Phi) is 3.76. The van der Waals surface area contributed by atoms with Gasteiger partial charge in [-0.05, 0) is 25.0 Å². The van der Waals surface area contributed by atoms with Crippen molar-refractivity contribution in [1.29, 1.82) is 5.26 Å². The highest BCUT2D eigenvalue weighted by Gasteiger charge is 2.25. The van der Waals surface area contributed by atoms with E-state index in [1.165, 1.54) is 12.8 Å². The third kappa shape index (κ3) is 2.57. The van der Waals surface area contributed by atoms with E-state index in [0.29, 0.717) is 28.0 Å². The summed E-state index contributed by atoms with van der Waals surface area (Å²) in [7, 11) is 0. The average Bonchev–Trinajstić information content (AvgIpc) is 3.10. The third-order valence-electron chi connectivity index (χ3n) is 3.87. The van der Waals surface area contributed by atoms with Crippen LogP contribution in [0.5, 0.6) is 11.6 Å². The molecular formula is C16H16ClN3O. The van der Waals surface area contributed by atoms with Gasteiger partial charge in [0.15, 0.2) is 0 Å². The Balaban J connectivity index is 2.03. The smallest absolute Gasteiger partial charge is 0.224 e. The first kappa shape index (κ1) is 13.8. The van der Waals surface area contributed by atoms with Crippen LogP contribution >= 0.6 is 11.6 Å². The first-order chi connectivity index (χ1) is 10.2. The van der Waals surface area contributed by atoms with Crippen LogP contribution in [0.4, 0.5) is 5.69 Å². The van der Waals surface area contributed by atoms with Gasteiger partial charge in [0.1, 0.15) is 17.5 Å². The molecule has 0 amide bonds. The first-order valence-electron chi connectivity index (χ1n) is 7.04. The van der Waals surface area contributed by atoms with Gasteiger partial charge >= 0.3 is 0 Å². The molecular weight excluding hydrogens is 286 g/mol. The summed E-state index contributed by atoms with van der Waals surface area (Å²) in [6, 6.07) is 11.4. The van der Waals surface area contributed by atoms with Crippen molar-refractivity contribution in [3.05, 3.63) is 41.0 Å². The van der Waals surface area contributed by atoms with E-state index in [1.807, 2.05) is 16.7 Å². The predicted octanol–water partition coefficient (Wildman–Crippen LogP) is 4.50. The first-order valence-corrected chi connectivity index (χ1v) is 7.41. The van der Waals surface area contributed by atoms with Gasteiger partial charge in [-0.2, -0.15) is 5.26 Å². The summed E-state index contributed by atoms with van der Waals surface area (Å²) in [5.74, 6) is 1.07. The van der Waals surface area contributed by atoms with E-state index < -0.39 is 0 Å². The van der Waals surface area contributed by atoms with Gasteiger partial charge in [-0.15, -0.1) is 0 Å². The molecule has 108 valence electrons. The lowest BCUT2D eigenvalue weighted by Crippen LogP contribution is -2.09. The fraction of sp³-hybridized carbons (Fsp3) is 0.312. The summed E-state index contributed by atoms with van der Waals surface area (Å²) in [6.45, 7) is 0. The highest BCUT2D eigenvalue weighted by atomic mass is 35.5. The number of halogens is 1. The minimum atomic E-state index is 0.273. The molecule has 0 radical (unpaired) electrons. The Labute approximate surface area is 128 Å². The normalized spacial score (nSPS) is 15.0. The van der Waals surface area contributed by atoms with Gasteiger partial charge in [0, 0.05) is 12.1 Å². The molecule has 1 heterocycles. The number of benzene rings is 1. The number of nitrogen functional groups attached to an aromatic ring is 1. The maximum atomic E-state index is 9.33. The standard InChI is InChI=1S/C16H16ClN3O/c17-13-7-3-4-8-15(13)21-16-14(19)9-12(10-18)20(16)11-5-1-2-6-11/h3-4,7-9,11H,1-2,5-6,19H2. The Bertz CT molecular complexity index is 696. The molecule has 1 aromatic carbocycles. The van der Waals surface area contributed by atoms with Crippen molar-refractivity contribution in [3.8, 4) is 17.7 Å². The molecule has 5 heteroatoms. The maximum Gasteiger partial charge on any atom is 0.224 e. The predicted molar refractivity (Wildman–Crippen MR) is 82.6 cm³/mol. The number of rotatable bonds is 3. The summed E-state index contributed by atoms with van der Waals surface area (Å²) in [5, 5.41) is 9.85. The number of nitriles is 1. The number of para-hydroxylation sites is 1. The van der Waals surface area contributed by atoms with Crippen molar-refractivity contribution in [3.63, 3.8) is 0 Å². The highest BCUT2D eigenvalue weighted by molar-refractivity contribution is 6.32. The summed E-state index contributed by atoms with van der Waals surface area (Å²) < 4.78 is 7.84. The van der Waals surface area contributed by atoms with Crippen LogP contribution in [0.1, 0.15) is 37.4 Å². The lowest BCUT2D eigenvalue weighted by atomic mass is 10.2. The van der Waals surface area contributed by atoms with E-state index >= 15 is 0 Å². The van der Waals surface area contributed by atoms with E-state index in [0.717, 1.165) is 12.8 Å². The van der Waals surface area contributed by atoms with Gasteiger partial charge in [-0.3, -0.25) is 4.57 Å². The van der Waals surface area contributed by atoms with Crippen molar-refractivity contribution in [2.24, 2.45) is 0 Å². The number of hydrogen-bond acceptors (Lipinski definition) is 3. The van der Waals surface area contributed by atoms with Gasteiger partial charge in [0.05, 0.1) is 10.7 Å². The molecule has 1 saturated carbocycles. The van der Waals surface area contributed by atoms with Gasteiger partial charge in [0.25, 0.3) is 0 Å². The molecule has 2 N–H and O–H groups in total. The summed E-state index contributed by atoms with van der Waals surface area (Å²) in [5.41, 5.74) is 7.06. The van der Waals surface area contributed by atoms with Crippen LogP contribution in [-0.2, 0) is 0 Å². The summed E-state index contributed by atoms with van der Waals surface area (Å²) in [6.07, 6.45) is 4.42. The lowest BCUT2D eigenvalue weighted by molar-refractivity contribution is 0.393. The maximum absolute atomic E-state index is 9.33. The van der Waals surface area contributed by atoms with E-state index in [-0.39, 0.29) is 6.04 Å². The SMILES string of the molecule is N#Cc1cc(N)c(Oc2ccccc2Cl)n1C1CCCC1. The zero-order chi connectivity index (χ0) is 14.8. The van der Waals surface area contributed by atoms with Crippen LogP contribution in [0.2, 0.25) is 5.02 Å². The molecule has 21 heavy (non-hydrogen) atoms. The Morgan fingerprint density at radius 1 is 1.29 bits per heavy atom. The zero-order valence-electron chi connectivity index (χ0n) is 11.6. The van der Waals surface area contributed by atoms with Crippen molar-refractivity contribution >= 4 is 17.3 Å². The quantitative estimate of drug-likeness (QED) is 0.907. The average molecular weight is 302 g/mol. The van der Waals surface area contributed by atoms with Crippen LogP contribution in [0, 0.1) is 11.3 Å². The summed E-state index contributed by atoms with van der Waals surface area (Å²) in [4.78, 5) is 0. The molecule has 0 unspecified atom stereocenters. The molecule has 4 nitrogen and oxygen atoms in total. The fourth-order valence-electron chi connectivity index (χ4n) is 2.88. The van der Waals surface area contributed by atoms with E-state index in [2.05, 4.69) is 6.07 Å². The number of aromatic nitrogens is 1. The van der Waals surface area contributed by atoms with Crippen LogP contribution in [0.25, 0.3) is 0 Å². The van der Waals surface area contributed by atoms with Crippen molar-refractivity contribution in [2.45, 2.75) is 31.7 Å². The Hall–Kier alpha value is -2.12. The third-order valence-corrected chi connectivity index (χ3v) is 4.18. The van der Waals surface area contributed by atoms with Crippen molar-refractivity contribution in [2.75, 3.05) is 5.73 Å². The lowest BCUT2D eigenvalue weighted by Gasteiger charge is -2.18. The van der Waals surface area contributed by atoms with Gasteiger partial charge in [-0.25, -0.2) is 0 Å². The Morgan fingerprint density at radius 2 is 2.00 bits per heavy atom. The largest absolute Gasteiger partial charge is 0.437 e. The number of anilines is 1. The zero-order valence-corrected chi connectivity index (χ0v) is 12.3. The van der Waals surface area contributed by atoms with Crippen LogP contribution < -0.4 is 10.5 Å². The molecule has 2 aromatic rings. The highest BCUT2D eigenvalue weighted by Crippen LogP contribution is 2.41. The van der Waals surface area contributed by atoms with Gasteiger partial charge < -0.3 is 10.5 Å². The van der Waals surface area contributed by atoms with Crippen molar-refractivity contribution < 1.29 is 4.74 Å². The second kappa shape index (κ2) is 5.71. The minimum absolute atomic E-state index is 0.273. The molecule has 0 spiro atoms. The molecule has 1 aliphatic rings. The second-order valence-electron chi connectivity index (χ2n) is 5.24. The molecule has 0 saturated heterocycles. The minimum Gasteiger partial charge on any atom is -0.437 e. The van der Waals surface area contributed by atoms with Crippen molar-refractivity contribution in [1.82, 2.24) is 4.57 Å². The molecule has 0 aliphatic heterocycles. The molecule has 3 rings (SSSR count). The van der Waals surface area contributed by atoms with E-state index in [9.17, 15) is 5.26 Å². The Morgan fingerprint density at radius 3 is 2.67 bits per heavy atom. The summed E-state index contributed by atoms with van der Waals surface area (Å²) >= 11 is 6.14. The van der Waals surface area contributed by atoms with E-state index in [4.69, 9.17) is 22.1 Å². The number of hydrogen-bond donors (Lipinski definition) is 1. The van der Waals surface area contributed by atoms with E-state index in [1.54, 1.807) is 18.2 Å². The number of nitrogens with zero attached hydrogens (tertiary/aromatic N) is 2. The molecule has 1 aromatic heterocycles. The van der Waals surface area contributed by atoms with Crippen LogP contribution in [0.15, 0.2) is 30.3 Å². The number of ether oxygens (including phenoxy) is 1. The van der Waals surface area contributed by atoms with Gasteiger partial charge in [-0.1, -0.05) is 36.6 Å². The monoisotopic (exact) mass is 301 g/mol. The topological polar surface area (TPSA) is 64.0 Å². The van der Waals surface area contributed by atoms with Crippen LogP contribution in [-0.4, -0.2) is 4.57 Å². The molecule has 1 aliphatic carbocycles. The second-order valence-corrected chi connectivity index (χ2v) is 5.65. The van der Waals surface area contributed by atoms with Crippen LogP contribution in [0.3, 0.4) is 0 Å². The molecule has 0 bridgehead atoms. The number of nitrogens with two attached hydrogens (primary N) is 1. The van der Waals surface area contributed by atoms with Gasteiger partial charge in [0.2, 0.25) is 5.88 Å². The molecule has 1 fully saturated rings. The molecule has 0 atom stereocenters. The fourth-order valence-corrected chi connectivity index (χ4v) is 3.05.